The summed E-state index contributed by atoms with van der Waals surface area (Å²) in [6.45, 7) is 18.4. The molecule has 2 unspecified atom stereocenters. The van der Waals surface area contributed by atoms with Gasteiger partial charge in [0.25, 0.3) is 0 Å². The summed E-state index contributed by atoms with van der Waals surface area (Å²) in [5.74, 6) is 3.06. The topological polar surface area (TPSA) is 46.2 Å². The van der Waals surface area contributed by atoms with Gasteiger partial charge in [-0.3, -0.25) is 0 Å². The first-order valence-electron chi connectivity index (χ1n) is 14.0. The summed E-state index contributed by atoms with van der Waals surface area (Å²) in [5, 5.41) is 0. The summed E-state index contributed by atoms with van der Waals surface area (Å²) < 4.78 is 29.1. The Hall–Kier alpha value is -2.08. The molecule has 0 fully saturated rings. The fourth-order valence-corrected chi connectivity index (χ4v) is 4.28. The Kier molecular flexibility index (Phi) is 15.3. The average Bonchev–Trinajstić information content (AvgIpc) is 2.86. The van der Waals surface area contributed by atoms with Crippen LogP contribution in [0, 0.1) is 39.5 Å². The van der Waals surface area contributed by atoms with Crippen LogP contribution in [0.25, 0.3) is 0 Å². The molecule has 0 aromatic heterocycles. The van der Waals surface area contributed by atoms with E-state index in [1.165, 1.54) is 22.3 Å². The van der Waals surface area contributed by atoms with E-state index in [-0.39, 0.29) is 0 Å². The Balaban J connectivity index is 1.35. The molecular weight excluding hydrogens is 464 g/mol. The molecule has 0 heterocycles. The van der Waals surface area contributed by atoms with Crippen molar-refractivity contribution in [2.24, 2.45) is 11.8 Å². The van der Waals surface area contributed by atoms with Crippen LogP contribution < -0.4 is 9.47 Å². The van der Waals surface area contributed by atoms with Crippen molar-refractivity contribution in [3.8, 4) is 11.5 Å². The minimum Gasteiger partial charge on any atom is -0.493 e. The van der Waals surface area contributed by atoms with Crippen LogP contribution >= 0.6 is 0 Å². The summed E-state index contributed by atoms with van der Waals surface area (Å²) in [7, 11) is 0. The first-order chi connectivity index (χ1) is 17.9. The normalized spacial score (nSPS) is 12.9. The van der Waals surface area contributed by atoms with Gasteiger partial charge in [-0.05, 0) is 87.5 Å². The lowest BCUT2D eigenvalue weighted by Gasteiger charge is -2.16. The quantitative estimate of drug-likeness (QED) is 0.174. The SMILES string of the molecule is Cc1cccc(C)c1OCC(C)CCCOCCOCCOCCCC(C)COc1c(C)cccc1C. The van der Waals surface area contributed by atoms with Crippen molar-refractivity contribution < 1.29 is 23.7 Å². The molecule has 0 aliphatic rings. The average molecular weight is 515 g/mol. The molecule has 2 atom stereocenters. The lowest BCUT2D eigenvalue weighted by atomic mass is 10.1. The van der Waals surface area contributed by atoms with Gasteiger partial charge < -0.3 is 23.7 Å². The Morgan fingerprint density at radius 2 is 0.838 bits per heavy atom. The summed E-state index contributed by atoms with van der Waals surface area (Å²) in [6, 6.07) is 12.5. The molecule has 0 saturated heterocycles. The van der Waals surface area contributed by atoms with E-state index in [0.29, 0.717) is 38.3 Å². The van der Waals surface area contributed by atoms with E-state index in [2.05, 4.69) is 77.9 Å². The highest BCUT2D eigenvalue weighted by molar-refractivity contribution is 5.40. The van der Waals surface area contributed by atoms with Crippen molar-refractivity contribution in [3.63, 3.8) is 0 Å². The molecule has 0 amide bonds. The third-order valence-electron chi connectivity index (χ3n) is 6.56. The highest BCUT2D eigenvalue weighted by atomic mass is 16.5. The van der Waals surface area contributed by atoms with Gasteiger partial charge in [-0.1, -0.05) is 50.2 Å². The Morgan fingerprint density at radius 1 is 0.514 bits per heavy atom. The summed E-state index contributed by atoms with van der Waals surface area (Å²) in [5.41, 5.74) is 4.80. The predicted molar refractivity (Wildman–Crippen MR) is 152 cm³/mol. The van der Waals surface area contributed by atoms with Gasteiger partial charge in [0.15, 0.2) is 0 Å². The van der Waals surface area contributed by atoms with Crippen molar-refractivity contribution >= 4 is 0 Å². The van der Waals surface area contributed by atoms with Crippen molar-refractivity contribution in [2.45, 2.75) is 67.2 Å². The van der Waals surface area contributed by atoms with Crippen molar-refractivity contribution in [1.29, 1.82) is 0 Å². The zero-order valence-corrected chi connectivity index (χ0v) is 24.1. The molecule has 37 heavy (non-hydrogen) atoms. The molecule has 0 aliphatic heterocycles. The van der Waals surface area contributed by atoms with Crippen LogP contribution in [0.15, 0.2) is 36.4 Å². The minimum absolute atomic E-state index is 0.503. The highest BCUT2D eigenvalue weighted by Crippen LogP contribution is 2.24. The Bertz CT molecular complexity index is 769. The predicted octanol–water partition coefficient (Wildman–Crippen LogP) is 7.26. The van der Waals surface area contributed by atoms with E-state index < -0.39 is 0 Å². The van der Waals surface area contributed by atoms with Crippen LogP contribution in [-0.2, 0) is 14.2 Å². The number of rotatable bonds is 20. The number of benzene rings is 2. The molecule has 0 aliphatic carbocycles. The van der Waals surface area contributed by atoms with Crippen LogP contribution in [-0.4, -0.2) is 52.9 Å². The van der Waals surface area contributed by atoms with Gasteiger partial charge in [0.1, 0.15) is 11.5 Å². The zero-order chi connectivity index (χ0) is 26.9. The van der Waals surface area contributed by atoms with Crippen molar-refractivity contribution in [2.75, 3.05) is 52.9 Å². The summed E-state index contributed by atoms with van der Waals surface area (Å²) >= 11 is 0. The van der Waals surface area contributed by atoms with Crippen molar-refractivity contribution in [3.05, 3.63) is 58.7 Å². The smallest absolute Gasteiger partial charge is 0.125 e. The van der Waals surface area contributed by atoms with Crippen LogP contribution in [0.2, 0.25) is 0 Å². The number of hydrogen-bond acceptors (Lipinski definition) is 5. The first kappa shape index (κ1) is 31.1. The third kappa shape index (κ3) is 12.8. The van der Waals surface area contributed by atoms with Gasteiger partial charge in [0.2, 0.25) is 0 Å². The molecule has 0 bridgehead atoms. The van der Waals surface area contributed by atoms with Gasteiger partial charge in [0, 0.05) is 13.2 Å². The van der Waals surface area contributed by atoms with Crippen LogP contribution in [0.3, 0.4) is 0 Å². The second kappa shape index (κ2) is 18.2. The molecule has 208 valence electrons. The van der Waals surface area contributed by atoms with Gasteiger partial charge >= 0.3 is 0 Å². The standard InChI is InChI=1S/C32H50O5/c1-25(23-36-31-27(3)13-7-14-28(31)4)11-9-17-33-19-21-35-22-20-34-18-10-12-26(2)24-37-32-29(5)15-8-16-30(32)6/h7-8,13-16,25-26H,9-12,17-24H2,1-6H3. The zero-order valence-electron chi connectivity index (χ0n) is 24.1. The highest BCUT2D eigenvalue weighted by Gasteiger charge is 2.08. The molecule has 0 spiro atoms. The maximum Gasteiger partial charge on any atom is 0.125 e. The van der Waals surface area contributed by atoms with Crippen LogP contribution in [0.1, 0.15) is 61.8 Å². The first-order valence-corrected chi connectivity index (χ1v) is 14.0. The Labute approximate surface area is 225 Å². The second-order valence-electron chi connectivity index (χ2n) is 10.4. The molecule has 5 nitrogen and oxygen atoms in total. The molecule has 0 N–H and O–H groups in total. The lowest BCUT2D eigenvalue weighted by Crippen LogP contribution is -2.13. The number of para-hydroxylation sites is 2. The molecule has 2 rings (SSSR count). The van der Waals surface area contributed by atoms with Crippen LogP contribution in [0.4, 0.5) is 0 Å². The monoisotopic (exact) mass is 514 g/mol. The Morgan fingerprint density at radius 3 is 1.19 bits per heavy atom. The van der Waals surface area contributed by atoms with E-state index in [9.17, 15) is 0 Å². The van der Waals surface area contributed by atoms with E-state index in [1.54, 1.807) is 0 Å². The van der Waals surface area contributed by atoms with Gasteiger partial charge in [0.05, 0.1) is 39.6 Å². The largest absolute Gasteiger partial charge is 0.493 e. The van der Waals surface area contributed by atoms with E-state index in [4.69, 9.17) is 23.7 Å². The minimum atomic E-state index is 0.503. The molecular formula is C32H50O5. The molecule has 2 aromatic rings. The van der Waals surface area contributed by atoms with Crippen LogP contribution in [0.5, 0.6) is 11.5 Å². The maximum atomic E-state index is 6.06. The fraction of sp³-hybridized carbons (Fsp3) is 0.625. The maximum absolute atomic E-state index is 6.06. The molecule has 0 saturated carbocycles. The third-order valence-corrected chi connectivity index (χ3v) is 6.56. The van der Waals surface area contributed by atoms with Gasteiger partial charge in [-0.2, -0.15) is 0 Å². The molecule has 0 radical (unpaired) electrons. The van der Waals surface area contributed by atoms with E-state index in [1.807, 2.05) is 0 Å². The van der Waals surface area contributed by atoms with E-state index in [0.717, 1.165) is 63.6 Å². The second-order valence-corrected chi connectivity index (χ2v) is 10.4. The summed E-state index contributed by atoms with van der Waals surface area (Å²) in [4.78, 5) is 0. The number of ether oxygens (including phenoxy) is 5. The lowest BCUT2D eigenvalue weighted by molar-refractivity contribution is 0.0122. The molecule has 2 aromatic carbocycles. The van der Waals surface area contributed by atoms with Gasteiger partial charge in [-0.15, -0.1) is 0 Å². The number of aryl methyl sites for hydroxylation is 4. The summed E-state index contributed by atoms with van der Waals surface area (Å²) in [6.07, 6.45) is 4.26. The number of hydrogen-bond donors (Lipinski definition) is 0. The molecule has 5 heteroatoms. The fourth-order valence-electron chi connectivity index (χ4n) is 4.28. The van der Waals surface area contributed by atoms with Gasteiger partial charge in [-0.25, -0.2) is 0 Å². The van der Waals surface area contributed by atoms with E-state index >= 15 is 0 Å². The van der Waals surface area contributed by atoms with Crippen molar-refractivity contribution in [1.82, 2.24) is 0 Å².